The van der Waals surface area contributed by atoms with Crippen LogP contribution in [0.15, 0.2) is 18.2 Å². The number of nitrogens with one attached hydrogen (secondary N) is 1. The maximum absolute atomic E-state index is 10.3. The summed E-state index contributed by atoms with van der Waals surface area (Å²) in [6, 6.07) is 6.07. The first kappa shape index (κ1) is 16.1. The topological polar surface area (TPSA) is 55.7 Å². The van der Waals surface area contributed by atoms with Crippen molar-refractivity contribution in [2.45, 2.75) is 45.3 Å². The molecule has 3 N–H and O–H groups in total. The van der Waals surface area contributed by atoms with Gasteiger partial charge in [0, 0.05) is 37.0 Å². The Hall–Kier alpha value is -1.26. The Morgan fingerprint density at radius 1 is 1.38 bits per heavy atom. The molecule has 1 fully saturated rings. The number of hydrogen-bond acceptors (Lipinski definition) is 4. The van der Waals surface area contributed by atoms with E-state index in [1.54, 1.807) is 0 Å². The van der Waals surface area contributed by atoms with Crippen molar-refractivity contribution in [2.75, 3.05) is 25.0 Å². The molecule has 1 aromatic carbocycles. The number of hydrogen-bond donors (Lipinski definition) is 3. The van der Waals surface area contributed by atoms with Crippen molar-refractivity contribution in [3.05, 3.63) is 23.8 Å². The summed E-state index contributed by atoms with van der Waals surface area (Å²) in [5.41, 5.74) is 1.97. The molecule has 0 amide bonds. The number of aliphatic hydroxyl groups is 1. The van der Waals surface area contributed by atoms with Gasteiger partial charge in [-0.2, -0.15) is 0 Å². The third kappa shape index (κ3) is 4.11. The van der Waals surface area contributed by atoms with Crippen molar-refractivity contribution in [3.8, 4) is 5.75 Å². The predicted octanol–water partition coefficient (Wildman–Crippen LogP) is 2.66. The number of benzene rings is 1. The van der Waals surface area contributed by atoms with Crippen LogP contribution in [0.5, 0.6) is 5.75 Å². The summed E-state index contributed by atoms with van der Waals surface area (Å²) in [5, 5.41) is 23.0. The highest BCUT2D eigenvalue weighted by atomic mass is 16.3. The van der Waals surface area contributed by atoms with Gasteiger partial charge in [0.05, 0.1) is 6.10 Å². The highest BCUT2D eigenvalue weighted by molar-refractivity contribution is 5.53. The third-order valence-corrected chi connectivity index (χ3v) is 4.36. The fourth-order valence-corrected chi connectivity index (χ4v) is 2.95. The van der Waals surface area contributed by atoms with Crippen molar-refractivity contribution < 1.29 is 10.2 Å². The summed E-state index contributed by atoms with van der Waals surface area (Å²) >= 11 is 0. The number of nitrogens with zero attached hydrogens (tertiary/aromatic N) is 1. The van der Waals surface area contributed by atoms with Gasteiger partial charge in [-0.25, -0.2) is 0 Å². The van der Waals surface area contributed by atoms with Crippen LogP contribution < -0.4 is 10.2 Å². The summed E-state index contributed by atoms with van der Waals surface area (Å²) in [6.45, 7) is 6.09. The molecule has 1 atom stereocenters. The molecule has 1 aliphatic carbocycles. The van der Waals surface area contributed by atoms with E-state index in [0.29, 0.717) is 11.7 Å². The maximum Gasteiger partial charge on any atom is 0.122 e. The molecule has 0 aromatic heterocycles. The molecule has 1 aromatic rings. The van der Waals surface area contributed by atoms with Gasteiger partial charge in [0.2, 0.25) is 0 Å². The van der Waals surface area contributed by atoms with Crippen LogP contribution in [-0.2, 0) is 0 Å². The molecular weight excluding hydrogens is 264 g/mol. The average Bonchev–Trinajstić information content (AvgIpc) is 2.42. The lowest BCUT2D eigenvalue weighted by Gasteiger charge is -2.35. The number of phenolic OH excluding ortho intramolecular Hbond substituents is 1. The molecule has 21 heavy (non-hydrogen) atoms. The predicted molar refractivity (Wildman–Crippen MR) is 86.8 cm³/mol. The van der Waals surface area contributed by atoms with E-state index in [1.807, 2.05) is 19.2 Å². The molecule has 4 nitrogen and oxygen atoms in total. The second-order valence-electron chi connectivity index (χ2n) is 6.29. The Kier molecular flexibility index (Phi) is 5.48. The molecule has 0 aliphatic heterocycles. The van der Waals surface area contributed by atoms with Crippen LogP contribution in [0.4, 0.5) is 5.69 Å². The Bertz CT molecular complexity index is 458. The van der Waals surface area contributed by atoms with E-state index in [1.165, 1.54) is 0 Å². The molecular formula is C17H28N2O2. The standard InChI is InChI=1S/C17H28N2O2/c1-4-7-18-12(2)16-6-5-14(10-17(16)21)19(3)11-13-8-15(20)9-13/h5-6,10,12-13,15,18,20-21H,4,7-9,11H2,1-3H3. The zero-order chi connectivity index (χ0) is 15.4. The maximum atomic E-state index is 10.3. The van der Waals surface area contributed by atoms with Crippen LogP contribution in [0.1, 0.15) is 44.7 Å². The van der Waals surface area contributed by atoms with Crippen LogP contribution in [0, 0.1) is 5.92 Å². The Labute approximate surface area is 127 Å². The molecule has 0 heterocycles. The SMILES string of the molecule is CCCNC(C)c1ccc(N(C)CC2CC(O)C2)cc1O. The molecule has 1 saturated carbocycles. The molecule has 0 radical (unpaired) electrons. The lowest BCUT2D eigenvalue weighted by Crippen LogP contribution is -2.37. The largest absolute Gasteiger partial charge is 0.508 e. The molecule has 0 spiro atoms. The zero-order valence-electron chi connectivity index (χ0n) is 13.3. The summed E-state index contributed by atoms with van der Waals surface area (Å²) in [4.78, 5) is 2.16. The van der Waals surface area contributed by atoms with Gasteiger partial charge in [-0.3, -0.25) is 0 Å². The van der Waals surface area contributed by atoms with Gasteiger partial charge in [-0.15, -0.1) is 0 Å². The molecule has 1 unspecified atom stereocenters. The summed E-state index contributed by atoms with van der Waals surface area (Å²) in [7, 11) is 2.04. The monoisotopic (exact) mass is 292 g/mol. The van der Waals surface area contributed by atoms with Gasteiger partial charge in [-0.05, 0) is 44.7 Å². The smallest absolute Gasteiger partial charge is 0.122 e. The van der Waals surface area contributed by atoms with Gasteiger partial charge in [0.15, 0.2) is 0 Å². The van der Waals surface area contributed by atoms with E-state index in [9.17, 15) is 10.2 Å². The number of aliphatic hydroxyl groups excluding tert-OH is 1. The zero-order valence-corrected chi connectivity index (χ0v) is 13.3. The van der Waals surface area contributed by atoms with Gasteiger partial charge >= 0.3 is 0 Å². The van der Waals surface area contributed by atoms with Crippen LogP contribution in [0.3, 0.4) is 0 Å². The van der Waals surface area contributed by atoms with Gasteiger partial charge < -0.3 is 20.4 Å². The van der Waals surface area contributed by atoms with Crippen LogP contribution >= 0.6 is 0 Å². The van der Waals surface area contributed by atoms with Crippen LogP contribution in [0.2, 0.25) is 0 Å². The first-order valence-corrected chi connectivity index (χ1v) is 7.96. The second-order valence-corrected chi connectivity index (χ2v) is 6.29. The third-order valence-electron chi connectivity index (χ3n) is 4.36. The minimum atomic E-state index is -0.107. The Morgan fingerprint density at radius 2 is 2.10 bits per heavy atom. The molecule has 0 bridgehead atoms. The van der Waals surface area contributed by atoms with Gasteiger partial charge in [0.25, 0.3) is 0 Å². The first-order valence-electron chi connectivity index (χ1n) is 7.96. The molecule has 0 saturated heterocycles. The van der Waals surface area contributed by atoms with E-state index in [4.69, 9.17) is 0 Å². The number of aromatic hydroxyl groups is 1. The highest BCUT2D eigenvalue weighted by Crippen LogP contribution is 2.32. The van der Waals surface area contributed by atoms with E-state index < -0.39 is 0 Å². The highest BCUT2D eigenvalue weighted by Gasteiger charge is 2.28. The Balaban J connectivity index is 1.97. The number of anilines is 1. The minimum absolute atomic E-state index is 0.107. The molecule has 1 aliphatic rings. The Morgan fingerprint density at radius 3 is 2.67 bits per heavy atom. The summed E-state index contributed by atoms with van der Waals surface area (Å²) < 4.78 is 0. The lowest BCUT2D eigenvalue weighted by atomic mass is 9.82. The number of rotatable bonds is 7. The fourth-order valence-electron chi connectivity index (χ4n) is 2.95. The van der Waals surface area contributed by atoms with E-state index in [2.05, 4.69) is 30.1 Å². The van der Waals surface area contributed by atoms with Gasteiger partial charge in [-0.1, -0.05) is 13.0 Å². The van der Waals surface area contributed by atoms with E-state index >= 15 is 0 Å². The first-order chi connectivity index (χ1) is 10.0. The minimum Gasteiger partial charge on any atom is -0.508 e. The quantitative estimate of drug-likeness (QED) is 0.723. The second kappa shape index (κ2) is 7.14. The number of phenols is 1. The van der Waals surface area contributed by atoms with Crippen molar-refractivity contribution in [3.63, 3.8) is 0 Å². The van der Waals surface area contributed by atoms with Gasteiger partial charge in [0.1, 0.15) is 5.75 Å². The van der Waals surface area contributed by atoms with Crippen molar-refractivity contribution in [2.24, 2.45) is 5.92 Å². The fraction of sp³-hybridized carbons (Fsp3) is 0.647. The van der Waals surface area contributed by atoms with Crippen LogP contribution in [-0.4, -0.2) is 36.5 Å². The summed E-state index contributed by atoms with van der Waals surface area (Å²) in [5.74, 6) is 0.918. The normalized spacial score (nSPS) is 22.7. The van der Waals surface area contributed by atoms with Crippen molar-refractivity contribution >= 4 is 5.69 Å². The molecule has 4 heteroatoms. The molecule has 2 rings (SSSR count). The summed E-state index contributed by atoms with van der Waals surface area (Å²) in [6.07, 6.45) is 2.77. The lowest BCUT2D eigenvalue weighted by molar-refractivity contribution is 0.0465. The molecule has 118 valence electrons. The average molecular weight is 292 g/mol. The van der Waals surface area contributed by atoms with E-state index in [0.717, 1.165) is 43.6 Å². The van der Waals surface area contributed by atoms with Crippen molar-refractivity contribution in [1.82, 2.24) is 5.32 Å². The van der Waals surface area contributed by atoms with E-state index in [-0.39, 0.29) is 12.1 Å². The van der Waals surface area contributed by atoms with Crippen LogP contribution in [0.25, 0.3) is 0 Å². The van der Waals surface area contributed by atoms with Crippen molar-refractivity contribution in [1.29, 1.82) is 0 Å².